The number of hydrogen-bond acceptors (Lipinski definition) is 12. The first-order chi connectivity index (χ1) is 30.5. The third-order valence-corrected chi connectivity index (χ3v) is 10.7. The number of nitrogen functional groups attached to an aromatic ring is 1. The minimum absolute atomic E-state index is 0.220. The zero-order chi connectivity index (χ0) is 45.1. The average Bonchev–Trinajstić information content (AvgIpc) is 3.76. The van der Waals surface area contributed by atoms with Crippen LogP contribution in [0.4, 0.5) is 15.3 Å². The largest absolute Gasteiger partial charge is 0.465 e. The lowest BCUT2D eigenvalue weighted by molar-refractivity contribution is -0.121. The molecule has 15 heteroatoms. The Balaban J connectivity index is 0.000000190. The van der Waals surface area contributed by atoms with Crippen LogP contribution in [0.2, 0.25) is 0 Å². The monoisotopic (exact) mass is 864 g/mol. The second-order valence-corrected chi connectivity index (χ2v) is 14.8. The quantitative estimate of drug-likeness (QED) is 0.0596. The van der Waals surface area contributed by atoms with Gasteiger partial charge in [-0.1, -0.05) is 72.8 Å². The van der Waals surface area contributed by atoms with Gasteiger partial charge in [0.1, 0.15) is 19.0 Å². The minimum Gasteiger partial charge on any atom is -0.465 e. The highest BCUT2D eigenvalue weighted by molar-refractivity contribution is 5.94. The molecule has 0 unspecified atom stereocenters. The predicted molar refractivity (Wildman–Crippen MR) is 236 cm³/mol. The van der Waals surface area contributed by atoms with E-state index in [1.54, 1.807) is 48.3 Å². The number of aromatic nitrogens is 1. The molecule has 0 radical (unpaired) electrons. The molecule has 2 fully saturated rings. The van der Waals surface area contributed by atoms with Gasteiger partial charge in [-0.25, -0.2) is 19.2 Å². The van der Waals surface area contributed by atoms with Gasteiger partial charge in [0.25, 0.3) is 0 Å². The SMILES string of the molecule is COC(=O)c1ccc(CC(OC)OC)c(N)c1.COC(=O)c1ccc2ccn(C3CCN(C(=O)OCc4ccccc4)CC3)c2c1.O=C1CCN(C(=O)OCc2ccccc2)CC1. The van der Waals surface area contributed by atoms with Gasteiger partial charge in [0, 0.05) is 83.1 Å². The van der Waals surface area contributed by atoms with Gasteiger partial charge in [0.2, 0.25) is 0 Å². The standard InChI is InChI=1S/C23H24N2O4.C13H15NO3.C12H17NO4/c1-28-22(26)19-8-7-18-9-14-25(21(18)15-19)20-10-12-24(13-11-20)23(27)29-16-17-5-3-2-4-6-17;15-12-6-8-14(9-7-12)13(16)17-10-11-4-2-1-3-5-11;1-15-11(16-2)7-8-4-5-9(6-10(8)13)12(14)17-3/h2-9,14-15,20H,10-13,16H2,1H3;1-5H,6-10H2;4-6,11H,7,13H2,1-3H3. The smallest absolute Gasteiger partial charge is 0.410 e. The van der Waals surface area contributed by atoms with Crippen LogP contribution in [0.3, 0.4) is 0 Å². The number of esters is 2. The molecule has 2 N–H and O–H groups in total. The lowest BCUT2D eigenvalue weighted by atomic mass is 10.0. The lowest BCUT2D eigenvalue weighted by Crippen LogP contribution is -2.39. The summed E-state index contributed by atoms with van der Waals surface area (Å²) < 4.78 is 32.5. The van der Waals surface area contributed by atoms with Gasteiger partial charge in [-0.2, -0.15) is 0 Å². The molecule has 63 heavy (non-hydrogen) atoms. The number of Topliss-reactive ketones (excluding diaryl/α,β-unsaturated/α-hetero) is 1. The zero-order valence-corrected chi connectivity index (χ0v) is 36.2. The number of carbonyl (C=O) groups is 5. The summed E-state index contributed by atoms with van der Waals surface area (Å²) >= 11 is 0. The van der Waals surface area contributed by atoms with Crippen LogP contribution in [-0.2, 0) is 52.9 Å². The van der Waals surface area contributed by atoms with Crippen molar-refractivity contribution in [2.24, 2.45) is 0 Å². The van der Waals surface area contributed by atoms with Crippen molar-refractivity contribution in [1.82, 2.24) is 14.4 Å². The summed E-state index contributed by atoms with van der Waals surface area (Å²) in [6.07, 6.45) is 4.21. The average molecular weight is 865 g/mol. The van der Waals surface area contributed by atoms with Crippen LogP contribution in [0.15, 0.2) is 109 Å². The third-order valence-electron chi connectivity index (χ3n) is 10.7. The second-order valence-electron chi connectivity index (χ2n) is 14.8. The number of anilines is 1. The molecule has 0 aliphatic carbocycles. The third kappa shape index (κ3) is 13.9. The number of rotatable bonds is 11. The molecule has 0 bridgehead atoms. The molecule has 7 rings (SSSR count). The Morgan fingerprint density at radius 3 is 1.67 bits per heavy atom. The fraction of sp³-hybridized carbons (Fsp3) is 0.354. The van der Waals surface area contributed by atoms with Gasteiger partial charge in [-0.3, -0.25) is 4.79 Å². The highest BCUT2D eigenvalue weighted by Crippen LogP contribution is 2.29. The van der Waals surface area contributed by atoms with Crippen molar-refractivity contribution in [3.63, 3.8) is 0 Å². The van der Waals surface area contributed by atoms with Crippen LogP contribution < -0.4 is 5.73 Å². The molecule has 2 aliphatic rings. The summed E-state index contributed by atoms with van der Waals surface area (Å²) in [5.74, 6) is -0.522. The molecule has 334 valence electrons. The van der Waals surface area contributed by atoms with Gasteiger partial charge < -0.3 is 48.5 Å². The summed E-state index contributed by atoms with van der Waals surface area (Å²) in [5.41, 5.74) is 11.2. The highest BCUT2D eigenvalue weighted by Gasteiger charge is 2.26. The van der Waals surface area contributed by atoms with Crippen LogP contribution in [0.5, 0.6) is 0 Å². The van der Waals surface area contributed by atoms with Crippen LogP contribution in [0.1, 0.15) is 69.1 Å². The number of nitrogens with zero attached hydrogens (tertiary/aromatic N) is 3. The molecule has 2 amide bonds. The number of fused-ring (bicyclic) bond motifs is 1. The maximum atomic E-state index is 12.4. The zero-order valence-electron chi connectivity index (χ0n) is 36.2. The van der Waals surface area contributed by atoms with Crippen LogP contribution in [0.25, 0.3) is 10.9 Å². The molecule has 15 nitrogen and oxygen atoms in total. The van der Waals surface area contributed by atoms with Crippen molar-refractivity contribution in [3.8, 4) is 0 Å². The Morgan fingerprint density at radius 2 is 1.16 bits per heavy atom. The predicted octanol–water partition coefficient (Wildman–Crippen LogP) is 7.61. The molecular formula is C48H56N4O11. The van der Waals surface area contributed by atoms with Gasteiger partial charge in [0.05, 0.1) is 25.3 Å². The summed E-state index contributed by atoms with van der Waals surface area (Å²) in [7, 11) is 5.84. The van der Waals surface area contributed by atoms with E-state index in [1.807, 2.05) is 72.8 Å². The first kappa shape index (κ1) is 47.3. The van der Waals surface area contributed by atoms with Gasteiger partial charge in [-0.05, 0) is 65.3 Å². The molecule has 0 saturated carbocycles. The Bertz CT molecular complexity index is 2260. The maximum absolute atomic E-state index is 12.4. The number of carbonyl (C=O) groups excluding carboxylic acids is 5. The van der Waals surface area contributed by atoms with E-state index in [0.29, 0.717) is 62.3 Å². The van der Waals surface area contributed by atoms with Crippen molar-refractivity contribution < 1.29 is 52.4 Å². The summed E-state index contributed by atoms with van der Waals surface area (Å²) in [6, 6.07) is 32.2. The van der Waals surface area contributed by atoms with Crippen molar-refractivity contribution >= 4 is 46.5 Å². The number of likely N-dealkylation sites (tertiary alicyclic amines) is 2. The lowest BCUT2D eigenvalue weighted by Gasteiger charge is -2.32. The van der Waals surface area contributed by atoms with E-state index >= 15 is 0 Å². The number of nitrogens with two attached hydrogens (primary N) is 1. The number of methoxy groups -OCH3 is 4. The van der Waals surface area contributed by atoms with Crippen LogP contribution in [0, 0.1) is 0 Å². The summed E-state index contributed by atoms with van der Waals surface area (Å²) in [4.78, 5) is 61.6. The Morgan fingerprint density at radius 1 is 0.651 bits per heavy atom. The number of amides is 2. The number of ketones is 1. The molecular weight excluding hydrogens is 809 g/mol. The number of benzene rings is 4. The van der Waals surface area contributed by atoms with E-state index in [2.05, 4.69) is 21.6 Å². The molecule has 2 aliphatic heterocycles. The van der Waals surface area contributed by atoms with Crippen molar-refractivity contribution in [2.45, 2.75) is 57.6 Å². The summed E-state index contributed by atoms with van der Waals surface area (Å²) in [5, 5.41) is 1.09. The molecule has 5 aromatic rings. The minimum atomic E-state index is -0.404. The number of ether oxygens (including phenoxy) is 6. The number of hydrogen-bond donors (Lipinski definition) is 1. The Labute approximate surface area is 367 Å². The van der Waals surface area contributed by atoms with Crippen molar-refractivity contribution in [2.75, 3.05) is 60.4 Å². The van der Waals surface area contributed by atoms with Crippen LogP contribution >= 0.6 is 0 Å². The fourth-order valence-electron chi connectivity index (χ4n) is 7.07. The molecule has 0 atom stereocenters. The maximum Gasteiger partial charge on any atom is 0.410 e. The van der Waals surface area contributed by atoms with Crippen molar-refractivity contribution in [3.05, 3.63) is 137 Å². The Hall–Kier alpha value is -6.71. The van der Waals surface area contributed by atoms with E-state index in [-0.39, 0.29) is 49.5 Å². The van der Waals surface area contributed by atoms with Crippen molar-refractivity contribution in [1.29, 1.82) is 0 Å². The second kappa shape index (κ2) is 24.1. The number of piperidine rings is 2. The van der Waals surface area contributed by atoms with E-state index in [0.717, 1.165) is 40.4 Å². The van der Waals surface area contributed by atoms with E-state index in [1.165, 1.54) is 14.2 Å². The van der Waals surface area contributed by atoms with E-state index in [4.69, 9.17) is 29.4 Å². The highest BCUT2D eigenvalue weighted by atomic mass is 16.7. The Kier molecular flexibility index (Phi) is 18.1. The first-order valence-electron chi connectivity index (χ1n) is 20.7. The molecule has 2 saturated heterocycles. The van der Waals surface area contributed by atoms with Crippen LogP contribution in [-0.4, -0.2) is 105 Å². The van der Waals surface area contributed by atoms with Gasteiger partial charge in [0.15, 0.2) is 6.29 Å². The van der Waals surface area contributed by atoms with E-state index in [9.17, 15) is 24.0 Å². The van der Waals surface area contributed by atoms with Gasteiger partial charge in [-0.15, -0.1) is 0 Å². The van der Waals surface area contributed by atoms with E-state index < -0.39 is 5.97 Å². The molecule has 3 heterocycles. The fourth-order valence-corrected chi connectivity index (χ4v) is 7.07. The molecule has 0 spiro atoms. The normalized spacial score (nSPS) is 13.9. The summed E-state index contributed by atoms with van der Waals surface area (Å²) in [6.45, 7) is 2.82. The first-order valence-corrected chi connectivity index (χ1v) is 20.7. The molecule has 4 aromatic carbocycles. The topological polar surface area (TPSA) is 178 Å². The molecule has 1 aromatic heterocycles. The van der Waals surface area contributed by atoms with Gasteiger partial charge >= 0.3 is 24.1 Å².